The summed E-state index contributed by atoms with van der Waals surface area (Å²) in [6.07, 6.45) is -1.48. The van der Waals surface area contributed by atoms with Crippen molar-refractivity contribution in [3.63, 3.8) is 0 Å². The molecule has 2 aliphatic heterocycles. The number of likely N-dealkylation sites (N-methyl/N-ethyl adjacent to an activating group) is 1. The number of hydrogen-bond donors (Lipinski definition) is 2. The number of hydrazine groups is 1. The molecular weight excluding hydrogens is 377 g/mol. The van der Waals surface area contributed by atoms with E-state index in [1.54, 1.807) is 0 Å². The van der Waals surface area contributed by atoms with Crippen LogP contribution in [0.25, 0.3) is 0 Å². The highest BCUT2D eigenvalue weighted by molar-refractivity contribution is 7.13. The summed E-state index contributed by atoms with van der Waals surface area (Å²) in [6, 6.07) is 0. The average Bonchev–Trinajstić information content (AvgIpc) is 3.23. The molecule has 3 amide bonds. The van der Waals surface area contributed by atoms with Gasteiger partial charge in [-0.15, -0.1) is 11.3 Å². The van der Waals surface area contributed by atoms with Crippen molar-refractivity contribution in [3.05, 3.63) is 15.6 Å². The van der Waals surface area contributed by atoms with Crippen molar-refractivity contribution < 1.29 is 23.9 Å². The third-order valence-corrected chi connectivity index (χ3v) is 5.70. The van der Waals surface area contributed by atoms with Crippen molar-refractivity contribution in [1.29, 1.82) is 0 Å². The first-order valence-electron chi connectivity index (χ1n) is 8.74. The number of fused-ring (bicyclic) bond motifs is 1. The van der Waals surface area contributed by atoms with Crippen molar-refractivity contribution in [3.8, 4) is 0 Å². The van der Waals surface area contributed by atoms with Gasteiger partial charge in [0.05, 0.1) is 18.8 Å². The minimum atomic E-state index is -1.37. The van der Waals surface area contributed by atoms with Gasteiger partial charge in [0.1, 0.15) is 6.17 Å². The number of rotatable bonds is 4. The van der Waals surface area contributed by atoms with E-state index in [-0.39, 0.29) is 30.4 Å². The van der Waals surface area contributed by atoms with Gasteiger partial charge in [-0.1, -0.05) is 0 Å². The molecule has 0 unspecified atom stereocenters. The molecule has 11 heteroatoms. The summed E-state index contributed by atoms with van der Waals surface area (Å²) >= 11 is 1.24. The van der Waals surface area contributed by atoms with Crippen LogP contribution in [0.15, 0.2) is 0 Å². The molecule has 148 valence electrons. The van der Waals surface area contributed by atoms with Crippen LogP contribution in [0.3, 0.4) is 0 Å². The lowest BCUT2D eigenvalue weighted by atomic mass is 10.2. The number of alkyl halides is 1. The molecule has 0 saturated carbocycles. The van der Waals surface area contributed by atoms with Gasteiger partial charge in [0.15, 0.2) is 5.01 Å². The van der Waals surface area contributed by atoms with Crippen LogP contribution >= 0.6 is 11.3 Å². The van der Waals surface area contributed by atoms with Crippen LogP contribution in [0.1, 0.15) is 33.2 Å². The standard InChI is InChI=1S/C16H22FN5O4S/c1-20-5-3-11-12(9-20)27-15(18-11)14(24)19-22(16(25)26)7-4-13(23)21-6-2-10(17)8-21/h10H,2-9H2,1H3,(H,19,24)(H,25,26)/t10-/m1/s1. The second-order valence-electron chi connectivity index (χ2n) is 6.73. The summed E-state index contributed by atoms with van der Waals surface area (Å²) < 4.78 is 13.2. The Balaban J connectivity index is 1.57. The summed E-state index contributed by atoms with van der Waals surface area (Å²) in [6.45, 7) is 1.73. The second kappa shape index (κ2) is 8.17. The number of likely N-dealkylation sites (tertiary alicyclic amines) is 1. The van der Waals surface area contributed by atoms with Crippen LogP contribution in [-0.2, 0) is 17.8 Å². The zero-order valence-corrected chi connectivity index (χ0v) is 15.8. The average molecular weight is 399 g/mol. The molecule has 3 heterocycles. The fourth-order valence-electron chi connectivity index (χ4n) is 3.10. The van der Waals surface area contributed by atoms with Crippen molar-refractivity contribution in [2.75, 3.05) is 33.2 Å². The topological polar surface area (TPSA) is 106 Å². The molecule has 1 atom stereocenters. The molecule has 9 nitrogen and oxygen atoms in total. The van der Waals surface area contributed by atoms with Gasteiger partial charge in [0, 0.05) is 37.4 Å². The van der Waals surface area contributed by atoms with Crippen LogP contribution in [0, 0.1) is 0 Å². The summed E-state index contributed by atoms with van der Waals surface area (Å²) in [5.74, 6) is -0.944. The SMILES string of the molecule is CN1CCc2nc(C(=O)NN(CCC(=O)N3CC[C@@H](F)C3)C(=O)O)sc2C1. The van der Waals surface area contributed by atoms with Gasteiger partial charge in [-0.25, -0.2) is 19.2 Å². The lowest BCUT2D eigenvalue weighted by molar-refractivity contribution is -0.130. The molecule has 0 aliphatic carbocycles. The van der Waals surface area contributed by atoms with Crippen molar-refractivity contribution in [2.24, 2.45) is 0 Å². The largest absolute Gasteiger partial charge is 0.464 e. The zero-order valence-electron chi connectivity index (χ0n) is 15.0. The predicted octanol–water partition coefficient (Wildman–Crippen LogP) is 0.716. The van der Waals surface area contributed by atoms with E-state index >= 15 is 0 Å². The smallest absolute Gasteiger partial charge is 0.426 e. The number of nitrogens with one attached hydrogen (secondary N) is 1. The third kappa shape index (κ3) is 4.72. The second-order valence-corrected chi connectivity index (χ2v) is 7.81. The third-order valence-electron chi connectivity index (χ3n) is 4.62. The summed E-state index contributed by atoms with van der Waals surface area (Å²) in [7, 11) is 1.98. The summed E-state index contributed by atoms with van der Waals surface area (Å²) in [5.41, 5.74) is 3.16. The van der Waals surface area contributed by atoms with E-state index in [9.17, 15) is 23.9 Å². The number of carbonyl (C=O) groups excluding carboxylic acids is 2. The fraction of sp³-hybridized carbons (Fsp3) is 0.625. The Bertz CT molecular complexity index is 742. The summed E-state index contributed by atoms with van der Waals surface area (Å²) in [5, 5.41) is 10.2. The van der Waals surface area contributed by atoms with Gasteiger partial charge in [0.2, 0.25) is 5.91 Å². The maximum Gasteiger partial charge on any atom is 0.426 e. The van der Waals surface area contributed by atoms with E-state index < -0.39 is 18.2 Å². The van der Waals surface area contributed by atoms with E-state index in [0.29, 0.717) is 24.5 Å². The van der Waals surface area contributed by atoms with Crippen LogP contribution in [-0.4, -0.2) is 82.2 Å². The first-order chi connectivity index (χ1) is 12.8. The van der Waals surface area contributed by atoms with Crippen molar-refractivity contribution in [1.82, 2.24) is 25.2 Å². The minimum Gasteiger partial charge on any atom is -0.464 e. The molecule has 0 radical (unpaired) electrons. The molecule has 1 aromatic heterocycles. The first kappa shape index (κ1) is 19.5. The van der Waals surface area contributed by atoms with Gasteiger partial charge in [-0.05, 0) is 13.5 Å². The number of thiazole rings is 1. The normalized spacial score (nSPS) is 19.6. The highest BCUT2D eigenvalue weighted by atomic mass is 32.1. The molecule has 0 spiro atoms. The molecule has 3 rings (SSSR count). The van der Waals surface area contributed by atoms with Crippen LogP contribution < -0.4 is 5.43 Å². The molecule has 1 aromatic rings. The Kier molecular flexibility index (Phi) is 5.90. The Morgan fingerprint density at radius 2 is 2.19 bits per heavy atom. The highest BCUT2D eigenvalue weighted by Gasteiger charge is 2.27. The fourth-order valence-corrected chi connectivity index (χ4v) is 4.18. The number of aromatic nitrogens is 1. The maximum absolute atomic E-state index is 13.2. The Hall–Kier alpha value is -2.27. The number of amides is 3. The van der Waals surface area contributed by atoms with Gasteiger partial charge < -0.3 is 14.9 Å². The number of hydrogen-bond acceptors (Lipinski definition) is 6. The lowest BCUT2D eigenvalue weighted by Gasteiger charge is -2.21. The van der Waals surface area contributed by atoms with Crippen LogP contribution in [0.4, 0.5) is 9.18 Å². The lowest BCUT2D eigenvalue weighted by Crippen LogP contribution is -2.47. The molecule has 1 fully saturated rings. The number of carbonyl (C=O) groups is 3. The van der Waals surface area contributed by atoms with Gasteiger partial charge in [0.25, 0.3) is 5.91 Å². The Labute approximate surface area is 159 Å². The maximum atomic E-state index is 13.2. The highest BCUT2D eigenvalue weighted by Crippen LogP contribution is 2.24. The Morgan fingerprint density at radius 3 is 2.85 bits per heavy atom. The molecule has 1 saturated heterocycles. The predicted molar refractivity (Wildman–Crippen MR) is 95.1 cm³/mol. The molecular formula is C16H22FN5O4S. The van der Waals surface area contributed by atoms with Gasteiger partial charge >= 0.3 is 6.09 Å². The van der Waals surface area contributed by atoms with E-state index in [1.165, 1.54) is 16.2 Å². The first-order valence-corrected chi connectivity index (χ1v) is 9.55. The number of nitrogens with zero attached hydrogens (tertiary/aromatic N) is 4. The van der Waals surface area contributed by atoms with E-state index in [0.717, 1.165) is 23.5 Å². The van der Waals surface area contributed by atoms with Crippen LogP contribution in [0.2, 0.25) is 0 Å². The molecule has 2 aliphatic rings. The van der Waals surface area contributed by atoms with Crippen molar-refractivity contribution >= 4 is 29.2 Å². The number of carboxylic acid groups (broad SMARTS) is 1. The van der Waals surface area contributed by atoms with Gasteiger partial charge in [-0.2, -0.15) is 0 Å². The van der Waals surface area contributed by atoms with E-state index in [2.05, 4.69) is 15.3 Å². The quantitative estimate of drug-likeness (QED) is 0.723. The monoisotopic (exact) mass is 399 g/mol. The van der Waals surface area contributed by atoms with E-state index in [1.807, 2.05) is 7.05 Å². The molecule has 27 heavy (non-hydrogen) atoms. The van der Waals surface area contributed by atoms with E-state index in [4.69, 9.17) is 0 Å². The zero-order chi connectivity index (χ0) is 19.6. The summed E-state index contributed by atoms with van der Waals surface area (Å²) in [4.78, 5) is 44.6. The molecule has 0 aromatic carbocycles. The van der Waals surface area contributed by atoms with Crippen LogP contribution in [0.5, 0.6) is 0 Å². The Morgan fingerprint density at radius 1 is 1.41 bits per heavy atom. The molecule has 2 N–H and O–H groups in total. The van der Waals surface area contributed by atoms with Gasteiger partial charge in [-0.3, -0.25) is 15.0 Å². The van der Waals surface area contributed by atoms with Crippen molar-refractivity contribution in [2.45, 2.75) is 32.0 Å². The molecule has 0 bridgehead atoms. The minimum absolute atomic E-state index is 0.0391. The number of halogens is 1.